The van der Waals surface area contributed by atoms with Gasteiger partial charge in [-0.25, -0.2) is 0 Å². The van der Waals surface area contributed by atoms with Gasteiger partial charge in [-0.1, -0.05) is 35.6 Å². The topological polar surface area (TPSA) is 52.8 Å². The Morgan fingerprint density at radius 1 is 1.20 bits per heavy atom. The van der Waals surface area contributed by atoms with Crippen molar-refractivity contribution in [3.8, 4) is 11.5 Å². The van der Waals surface area contributed by atoms with Gasteiger partial charge in [0.15, 0.2) is 16.3 Å². The van der Waals surface area contributed by atoms with Crippen LogP contribution in [0.4, 0.5) is 0 Å². The number of carbonyl (C=O) groups is 1. The highest BCUT2D eigenvalue weighted by molar-refractivity contribution is 7.16. The van der Waals surface area contributed by atoms with Crippen LogP contribution in [-0.4, -0.2) is 23.7 Å². The van der Waals surface area contributed by atoms with Gasteiger partial charge in [0.2, 0.25) is 0 Å². The van der Waals surface area contributed by atoms with Crippen molar-refractivity contribution in [3.05, 3.63) is 65.5 Å². The fourth-order valence-electron chi connectivity index (χ4n) is 2.73. The smallest absolute Gasteiger partial charge is 0.279 e. The van der Waals surface area contributed by atoms with E-state index in [2.05, 4.69) is 11.6 Å². The molecule has 5 nitrogen and oxygen atoms in total. The second-order valence-electron chi connectivity index (χ2n) is 5.53. The maximum Gasteiger partial charge on any atom is 0.279 e. The number of allylic oxidation sites excluding steroid dienone is 1. The van der Waals surface area contributed by atoms with E-state index in [4.69, 9.17) is 9.47 Å². The van der Waals surface area contributed by atoms with Gasteiger partial charge in [0.25, 0.3) is 5.91 Å². The third kappa shape index (κ3) is 2.96. The zero-order valence-corrected chi connectivity index (χ0v) is 14.3. The Morgan fingerprint density at radius 2 is 1.92 bits per heavy atom. The van der Waals surface area contributed by atoms with Crippen LogP contribution in [0.3, 0.4) is 0 Å². The van der Waals surface area contributed by atoms with E-state index >= 15 is 0 Å². The van der Waals surface area contributed by atoms with Gasteiger partial charge < -0.3 is 14.0 Å². The van der Waals surface area contributed by atoms with Gasteiger partial charge in [0.05, 0.1) is 10.2 Å². The lowest BCUT2D eigenvalue weighted by Crippen LogP contribution is -2.17. The van der Waals surface area contributed by atoms with Crippen LogP contribution in [0.1, 0.15) is 10.4 Å². The highest BCUT2D eigenvalue weighted by Crippen LogP contribution is 2.35. The number of ether oxygens (including phenoxy) is 2. The van der Waals surface area contributed by atoms with Gasteiger partial charge in [0.1, 0.15) is 13.2 Å². The first-order chi connectivity index (χ1) is 12.3. The van der Waals surface area contributed by atoms with E-state index in [0.29, 0.717) is 30.1 Å². The van der Waals surface area contributed by atoms with E-state index in [1.54, 1.807) is 18.2 Å². The fraction of sp³-hybridized carbons (Fsp3) is 0.158. The number of carbonyl (C=O) groups excluding carboxylic acids is 1. The van der Waals surface area contributed by atoms with Crippen molar-refractivity contribution < 1.29 is 14.3 Å². The lowest BCUT2D eigenvalue weighted by Gasteiger charge is -2.18. The van der Waals surface area contributed by atoms with E-state index in [0.717, 1.165) is 21.7 Å². The average molecular weight is 352 g/mol. The Hall–Kier alpha value is -2.86. The maximum absolute atomic E-state index is 12.5. The molecule has 0 N–H and O–H groups in total. The molecule has 126 valence electrons. The van der Waals surface area contributed by atoms with Gasteiger partial charge in [-0.05, 0) is 12.1 Å². The van der Waals surface area contributed by atoms with Gasteiger partial charge in [-0.15, -0.1) is 6.58 Å². The van der Waals surface area contributed by atoms with Crippen LogP contribution >= 0.6 is 11.3 Å². The summed E-state index contributed by atoms with van der Waals surface area (Å²) in [4.78, 5) is 17.4. The number of nitrogens with zero attached hydrogens (tertiary/aromatic N) is 2. The van der Waals surface area contributed by atoms with Crippen molar-refractivity contribution in [2.45, 2.75) is 6.54 Å². The molecule has 2 aromatic carbocycles. The molecule has 0 saturated heterocycles. The summed E-state index contributed by atoms with van der Waals surface area (Å²) in [6.45, 7) is 5.44. The minimum Gasteiger partial charge on any atom is -0.486 e. The summed E-state index contributed by atoms with van der Waals surface area (Å²) in [6, 6.07) is 12.9. The number of fused-ring (bicyclic) bond motifs is 2. The molecule has 0 unspecified atom stereocenters. The van der Waals surface area contributed by atoms with Crippen LogP contribution in [0.15, 0.2) is 60.1 Å². The van der Waals surface area contributed by atoms with E-state index in [1.165, 1.54) is 11.3 Å². The molecule has 6 heteroatoms. The minimum absolute atomic E-state index is 0.262. The zero-order chi connectivity index (χ0) is 17.2. The summed E-state index contributed by atoms with van der Waals surface area (Å²) in [7, 11) is 0. The molecule has 0 radical (unpaired) electrons. The molecule has 1 amide bonds. The monoisotopic (exact) mass is 352 g/mol. The normalized spacial score (nSPS) is 13.8. The van der Waals surface area contributed by atoms with Crippen molar-refractivity contribution >= 4 is 27.5 Å². The van der Waals surface area contributed by atoms with Crippen LogP contribution in [0, 0.1) is 0 Å². The molecular weight excluding hydrogens is 336 g/mol. The number of hydrogen-bond donors (Lipinski definition) is 0. The van der Waals surface area contributed by atoms with E-state index < -0.39 is 0 Å². The SMILES string of the molecule is C=CCn1c(=NC(=O)c2ccccc2)sc2cc3c(cc21)OCCO3. The van der Waals surface area contributed by atoms with Crippen molar-refractivity contribution in [3.63, 3.8) is 0 Å². The lowest BCUT2D eigenvalue weighted by atomic mass is 10.2. The Kier molecular flexibility index (Phi) is 4.11. The standard InChI is InChI=1S/C19H16N2O3S/c1-2-8-21-14-11-15-16(24-10-9-23-15)12-17(14)25-19(21)20-18(22)13-6-4-3-5-7-13/h2-7,11-12H,1,8-10H2. The van der Waals surface area contributed by atoms with Crippen LogP contribution in [0.5, 0.6) is 11.5 Å². The van der Waals surface area contributed by atoms with Gasteiger partial charge in [0, 0.05) is 24.2 Å². The predicted molar refractivity (Wildman–Crippen MR) is 97.3 cm³/mol. The molecule has 1 aliphatic heterocycles. The molecule has 0 atom stereocenters. The number of amides is 1. The first kappa shape index (κ1) is 15.7. The Morgan fingerprint density at radius 3 is 2.64 bits per heavy atom. The molecular formula is C19H16N2O3S. The fourth-order valence-corrected chi connectivity index (χ4v) is 3.78. The van der Waals surface area contributed by atoms with Crippen LogP contribution in [-0.2, 0) is 6.54 Å². The molecule has 0 saturated carbocycles. The summed E-state index contributed by atoms with van der Waals surface area (Å²) in [5, 5.41) is 0. The Balaban J connectivity index is 1.88. The molecule has 2 heterocycles. The molecule has 0 spiro atoms. The zero-order valence-electron chi connectivity index (χ0n) is 13.5. The Labute approximate surface area is 148 Å². The van der Waals surface area contributed by atoms with E-state index in [9.17, 15) is 4.79 Å². The van der Waals surface area contributed by atoms with Gasteiger partial charge >= 0.3 is 0 Å². The first-order valence-corrected chi connectivity index (χ1v) is 8.76. The molecule has 4 rings (SSSR count). The summed E-state index contributed by atoms with van der Waals surface area (Å²) < 4.78 is 14.3. The Bertz CT molecular complexity index is 1020. The number of rotatable bonds is 3. The average Bonchev–Trinajstić information content (AvgIpc) is 2.97. The van der Waals surface area contributed by atoms with Crippen LogP contribution in [0.25, 0.3) is 10.2 Å². The molecule has 1 aliphatic rings. The lowest BCUT2D eigenvalue weighted by molar-refractivity contribution is 0.0998. The summed E-state index contributed by atoms with van der Waals surface area (Å²) >= 11 is 1.45. The third-order valence-electron chi connectivity index (χ3n) is 3.88. The van der Waals surface area contributed by atoms with Crippen molar-refractivity contribution in [2.24, 2.45) is 4.99 Å². The van der Waals surface area contributed by atoms with Crippen molar-refractivity contribution in [1.29, 1.82) is 0 Å². The largest absolute Gasteiger partial charge is 0.486 e. The molecule has 0 fully saturated rings. The quantitative estimate of drug-likeness (QED) is 0.679. The highest BCUT2D eigenvalue weighted by Gasteiger charge is 2.16. The number of hydrogen-bond acceptors (Lipinski definition) is 4. The second-order valence-corrected chi connectivity index (χ2v) is 6.54. The summed E-state index contributed by atoms with van der Waals surface area (Å²) in [5.41, 5.74) is 1.52. The second kappa shape index (κ2) is 6.57. The number of benzene rings is 2. The number of aromatic nitrogens is 1. The minimum atomic E-state index is -0.262. The summed E-state index contributed by atoms with van der Waals surface area (Å²) in [6.07, 6.45) is 1.79. The van der Waals surface area contributed by atoms with Gasteiger partial charge in [-0.2, -0.15) is 4.99 Å². The third-order valence-corrected chi connectivity index (χ3v) is 4.92. The summed E-state index contributed by atoms with van der Waals surface area (Å²) in [5.74, 6) is 1.18. The van der Waals surface area contributed by atoms with Crippen molar-refractivity contribution in [1.82, 2.24) is 4.57 Å². The van der Waals surface area contributed by atoms with Gasteiger partial charge in [-0.3, -0.25) is 4.79 Å². The van der Waals surface area contributed by atoms with E-state index in [1.807, 2.05) is 34.9 Å². The van der Waals surface area contributed by atoms with E-state index in [-0.39, 0.29) is 5.91 Å². The first-order valence-electron chi connectivity index (χ1n) is 7.94. The molecule has 3 aromatic rings. The molecule has 0 bridgehead atoms. The van der Waals surface area contributed by atoms with Crippen molar-refractivity contribution in [2.75, 3.05) is 13.2 Å². The maximum atomic E-state index is 12.5. The molecule has 1 aromatic heterocycles. The van der Waals surface area contributed by atoms with Crippen LogP contribution < -0.4 is 14.3 Å². The number of thiazole rings is 1. The molecule has 0 aliphatic carbocycles. The highest BCUT2D eigenvalue weighted by atomic mass is 32.1. The molecule has 25 heavy (non-hydrogen) atoms. The van der Waals surface area contributed by atoms with Crippen LogP contribution in [0.2, 0.25) is 0 Å². The predicted octanol–water partition coefficient (Wildman–Crippen LogP) is 3.40.